The zero-order valence-corrected chi connectivity index (χ0v) is 10.9. The number of methoxy groups -OCH3 is 1. The van der Waals surface area contributed by atoms with Crippen molar-refractivity contribution in [3.8, 4) is 23.3 Å². The fourth-order valence-electron chi connectivity index (χ4n) is 1.70. The SMILES string of the molecule is COc1cc(C#N)ccc1Oc1cccc(F)c1[N+](=O)[O-]. The number of halogens is 1. The predicted molar refractivity (Wildman–Crippen MR) is 70.8 cm³/mol. The van der Waals surface area contributed by atoms with Gasteiger partial charge in [0.1, 0.15) is 0 Å². The van der Waals surface area contributed by atoms with Crippen molar-refractivity contribution in [1.82, 2.24) is 0 Å². The van der Waals surface area contributed by atoms with E-state index in [1.807, 2.05) is 6.07 Å². The summed E-state index contributed by atoms with van der Waals surface area (Å²) in [5.74, 6) is -0.883. The van der Waals surface area contributed by atoms with Crippen LogP contribution in [0.1, 0.15) is 5.56 Å². The second-order valence-corrected chi connectivity index (χ2v) is 3.92. The minimum atomic E-state index is -0.995. The van der Waals surface area contributed by atoms with E-state index in [2.05, 4.69) is 0 Å². The van der Waals surface area contributed by atoms with Crippen LogP contribution in [-0.4, -0.2) is 12.0 Å². The Kier molecular flexibility index (Phi) is 4.00. The lowest BCUT2D eigenvalue weighted by Gasteiger charge is -2.10. The van der Waals surface area contributed by atoms with E-state index in [0.717, 1.165) is 6.07 Å². The van der Waals surface area contributed by atoms with Gasteiger partial charge in [0.15, 0.2) is 11.5 Å². The topological polar surface area (TPSA) is 85.4 Å². The lowest BCUT2D eigenvalue weighted by molar-refractivity contribution is -0.388. The van der Waals surface area contributed by atoms with Crippen molar-refractivity contribution in [3.63, 3.8) is 0 Å². The molecule has 0 aromatic heterocycles. The Bertz CT molecular complexity index is 740. The van der Waals surface area contributed by atoms with Gasteiger partial charge < -0.3 is 9.47 Å². The molecule has 0 aliphatic carbocycles. The van der Waals surface area contributed by atoms with Gasteiger partial charge in [-0.3, -0.25) is 10.1 Å². The molecule has 106 valence electrons. The molecule has 0 aliphatic rings. The van der Waals surface area contributed by atoms with Gasteiger partial charge in [0.2, 0.25) is 11.6 Å². The maximum absolute atomic E-state index is 13.5. The first-order chi connectivity index (χ1) is 10.1. The normalized spacial score (nSPS) is 9.76. The molecule has 0 radical (unpaired) electrons. The van der Waals surface area contributed by atoms with Crippen LogP contribution in [0.15, 0.2) is 36.4 Å². The fourth-order valence-corrected chi connectivity index (χ4v) is 1.70. The number of hydrogen-bond acceptors (Lipinski definition) is 5. The molecule has 0 amide bonds. The summed E-state index contributed by atoms with van der Waals surface area (Å²) in [7, 11) is 1.36. The van der Waals surface area contributed by atoms with Crippen LogP contribution in [0.25, 0.3) is 0 Å². The highest BCUT2D eigenvalue weighted by molar-refractivity contribution is 5.53. The molecular formula is C14H9FN2O4. The fraction of sp³-hybridized carbons (Fsp3) is 0.0714. The third-order valence-corrected chi connectivity index (χ3v) is 2.64. The Morgan fingerprint density at radius 1 is 1.24 bits per heavy atom. The van der Waals surface area contributed by atoms with E-state index in [0.29, 0.717) is 5.56 Å². The van der Waals surface area contributed by atoms with Crippen LogP contribution in [0.3, 0.4) is 0 Å². The predicted octanol–water partition coefficient (Wildman–Crippen LogP) is 3.41. The maximum atomic E-state index is 13.5. The van der Waals surface area contributed by atoms with E-state index in [1.165, 1.54) is 37.4 Å². The molecule has 0 bridgehead atoms. The Hall–Kier alpha value is -3.14. The van der Waals surface area contributed by atoms with Gasteiger partial charge in [-0.05, 0) is 24.3 Å². The summed E-state index contributed by atoms with van der Waals surface area (Å²) in [6.07, 6.45) is 0. The molecule has 0 heterocycles. The van der Waals surface area contributed by atoms with Gasteiger partial charge in [0.25, 0.3) is 0 Å². The zero-order chi connectivity index (χ0) is 15.4. The van der Waals surface area contributed by atoms with Crippen LogP contribution < -0.4 is 9.47 Å². The molecule has 0 N–H and O–H groups in total. The minimum Gasteiger partial charge on any atom is -0.493 e. The summed E-state index contributed by atoms with van der Waals surface area (Å²) < 4.78 is 23.9. The average molecular weight is 288 g/mol. The molecule has 6 nitrogen and oxygen atoms in total. The second kappa shape index (κ2) is 5.88. The highest BCUT2D eigenvalue weighted by atomic mass is 19.1. The third kappa shape index (κ3) is 2.90. The van der Waals surface area contributed by atoms with Gasteiger partial charge in [-0.15, -0.1) is 0 Å². The summed E-state index contributed by atoms with van der Waals surface area (Å²) in [6.45, 7) is 0. The van der Waals surface area contributed by atoms with Crippen LogP contribution in [0.2, 0.25) is 0 Å². The van der Waals surface area contributed by atoms with Crippen LogP contribution in [0, 0.1) is 27.3 Å². The summed E-state index contributed by atoms with van der Waals surface area (Å²) in [5.41, 5.74) is -0.420. The monoisotopic (exact) mass is 288 g/mol. The van der Waals surface area contributed by atoms with Crippen LogP contribution in [0.4, 0.5) is 10.1 Å². The van der Waals surface area contributed by atoms with Crippen molar-refractivity contribution in [2.24, 2.45) is 0 Å². The van der Waals surface area contributed by atoms with E-state index in [4.69, 9.17) is 14.7 Å². The number of hydrogen-bond donors (Lipinski definition) is 0. The molecule has 0 atom stereocenters. The smallest absolute Gasteiger partial charge is 0.346 e. The first kappa shape index (κ1) is 14.3. The van der Waals surface area contributed by atoms with E-state index < -0.39 is 16.4 Å². The van der Waals surface area contributed by atoms with E-state index in [-0.39, 0.29) is 17.2 Å². The van der Waals surface area contributed by atoms with Gasteiger partial charge in [-0.2, -0.15) is 9.65 Å². The van der Waals surface area contributed by atoms with Gasteiger partial charge in [0, 0.05) is 6.07 Å². The first-order valence-corrected chi connectivity index (χ1v) is 5.75. The minimum absolute atomic E-state index is 0.144. The van der Waals surface area contributed by atoms with Gasteiger partial charge in [0.05, 0.1) is 23.7 Å². The van der Waals surface area contributed by atoms with E-state index in [9.17, 15) is 14.5 Å². The standard InChI is InChI=1S/C14H9FN2O4/c1-20-13-7-9(8-16)5-6-11(13)21-12-4-2-3-10(15)14(12)17(18)19/h2-7H,1H3. The van der Waals surface area contributed by atoms with Gasteiger partial charge in [-0.1, -0.05) is 6.07 Å². The Balaban J connectivity index is 2.46. The van der Waals surface area contributed by atoms with Crippen molar-refractivity contribution < 1.29 is 18.8 Å². The molecule has 2 aromatic rings. The van der Waals surface area contributed by atoms with Gasteiger partial charge in [-0.25, -0.2) is 0 Å². The molecule has 21 heavy (non-hydrogen) atoms. The highest BCUT2D eigenvalue weighted by Gasteiger charge is 2.22. The zero-order valence-electron chi connectivity index (χ0n) is 10.9. The van der Waals surface area contributed by atoms with Crippen molar-refractivity contribution in [3.05, 3.63) is 57.9 Å². The number of para-hydroxylation sites is 1. The summed E-state index contributed by atoms with van der Waals surface area (Å²) in [6, 6.07) is 9.78. The van der Waals surface area contributed by atoms with E-state index in [1.54, 1.807) is 0 Å². The number of nitrogens with zero attached hydrogens (tertiary/aromatic N) is 2. The lowest BCUT2D eigenvalue weighted by atomic mass is 10.2. The van der Waals surface area contributed by atoms with Crippen LogP contribution >= 0.6 is 0 Å². The second-order valence-electron chi connectivity index (χ2n) is 3.92. The number of ether oxygens (including phenoxy) is 2. The Labute approximate surface area is 119 Å². The maximum Gasteiger partial charge on any atom is 0.346 e. The van der Waals surface area contributed by atoms with Crippen molar-refractivity contribution in [2.45, 2.75) is 0 Å². The third-order valence-electron chi connectivity index (χ3n) is 2.64. The molecule has 0 saturated heterocycles. The molecule has 0 spiro atoms. The first-order valence-electron chi connectivity index (χ1n) is 5.75. The van der Waals surface area contributed by atoms with Gasteiger partial charge >= 0.3 is 5.69 Å². The summed E-state index contributed by atoms with van der Waals surface area (Å²) in [4.78, 5) is 10.0. The van der Waals surface area contributed by atoms with Crippen molar-refractivity contribution in [1.29, 1.82) is 5.26 Å². The lowest BCUT2D eigenvalue weighted by Crippen LogP contribution is -1.98. The highest BCUT2D eigenvalue weighted by Crippen LogP contribution is 2.37. The van der Waals surface area contributed by atoms with Crippen LogP contribution in [0.5, 0.6) is 17.2 Å². The quantitative estimate of drug-likeness (QED) is 0.635. The van der Waals surface area contributed by atoms with Crippen LogP contribution in [-0.2, 0) is 0 Å². The Morgan fingerprint density at radius 2 is 2.00 bits per heavy atom. The number of nitriles is 1. The number of benzene rings is 2. The molecule has 2 rings (SSSR count). The molecule has 2 aromatic carbocycles. The number of nitro benzene ring substituents is 1. The number of rotatable bonds is 4. The molecule has 0 aliphatic heterocycles. The largest absolute Gasteiger partial charge is 0.493 e. The average Bonchev–Trinajstić information content (AvgIpc) is 2.47. The Morgan fingerprint density at radius 3 is 2.62 bits per heavy atom. The van der Waals surface area contributed by atoms with Crippen molar-refractivity contribution >= 4 is 5.69 Å². The summed E-state index contributed by atoms with van der Waals surface area (Å²) in [5, 5.41) is 19.7. The number of nitro groups is 1. The molecule has 0 saturated carbocycles. The molecule has 0 fully saturated rings. The van der Waals surface area contributed by atoms with E-state index >= 15 is 0 Å². The molecule has 7 heteroatoms. The summed E-state index contributed by atoms with van der Waals surface area (Å²) >= 11 is 0. The molecular weight excluding hydrogens is 279 g/mol. The van der Waals surface area contributed by atoms with Crippen molar-refractivity contribution in [2.75, 3.05) is 7.11 Å². The molecule has 0 unspecified atom stereocenters.